The quantitative estimate of drug-likeness (QED) is 0.0462. The summed E-state index contributed by atoms with van der Waals surface area (Å²) >= 11 is 0. The SMILES string of the molecule is C=C1C=CC(=O)N1CCCCCC(=O)NC(C(=O)C[C@@H](C)C(=O)Nc1ccc(COC(=O)Nc2ncnc3c2ncn3[C@@H]2O[C@@H]3COP(C)(=O)OC4[C@@H](COP(=O)(O)O[C@H]2C3O)O[C@@H](n2cnc3c(=O)[nH]c(N)nc32)[C@H]4O)cc1)C(C)C. The Balaban J connectivity index is 0.772. The van der Waals surface area contributed by atoms with Gasteiger partial charge in [0.2, 0.25) is 17.8 Å². The number of phosphoric ester groups is 1. The van der Waals surface area contributed by atoms with Gasteiger partial charge in [0.25, 0.3) is 11.5 Å². The van der Waals surface area contributed by atoms with E-state index in [0.29, 0.717) is 42.8 Å². The standard InChI is InChI=1S/C49H61N13O18P2/c1-24(2)34(56-32(64)9-7-6-8-16-60-26(4)10-15-33(60)65)29(63)17-25(3)44(68)55-28-13-11-27(12-14-28)18-74-49(70)57-41-35-42(52-21-51-41)61(22-53-35)47-40-37(66)30(77-47)19-75-81(5,71)79-39-31(20-76-82(72,73)80-40)78-46(38(39)67)62-23-54-36-43(62)58-48(50)59-45(36)69/h10-15,21-25,30-31,34,37-40,46-47,66-67H,4,6-9,16-20H2,1-3,5H3,(H,55,68)(H,56,64)(H,72,73)(H3,50,58,59,69)(H,51,52,57,70)/t25-,30-,31-,34?,37?,38+,39?,40+,46-,47-,81?/m1/s1. The van der Waals surface area contributed by atoms with E-state index in [1.807, 2.05) is 13.8 Å². The van der Waals surface area contributed by atoms with Crippen LogP contribution in [0, 0.1) is 11.8 Å². The molecule has 440 valence electrons. The van der Waals surface area contributed by atoms with E-state index in [1.54, 1.807) is 42.2 Å². The lowest BCUT2D eigenvalue weighted by Gasteiger charge is -2.26. The summed E-state index contributed by atoms with van der Waals surface area (Å²) in [5, 5.41) is 31.0. The second-order valence-electron chi connectivity index (χ2n) is 20.3. The minimum Gasteiger partial charge on any atom is -0.444 e. The average Bonchev–Trinajstić information content (AvgIpc) is 3.02. The van der Waals surface area contributed by atoms with Gasteiger partial charge in [-0.25, -0.2) is 29.3 Å². The highest BCUT2D eigenvalue weighted by Gasteiger charge is 2.53. The van der Waals surface area contributed by atoms with Gasteiger partial charge < -0.3 is 55.1 Å². The number of nitrogens with two attached hydrogens (primary N) is 1. The maximum absolute atomic E-state index is 13.9. The number of anilines is 3. The number of aromatic amines is 1. The number of amides is 4. The minimum absolute atomic E-state index is 0.0208. The number of nitrogen functional groups attached to an aromatic ring is 1. The molecule has 4 aromatic heterocycles. The summed E-state index contributed by atoms with van der Waals surface area (Å²) in [6, 6.07) is 5.61. The van der Waals surface area contributed by atoms with E-state index < -0.39 is 107 Å². The fraction of sp³-hybridized carbons (Fsp3) is 0.490. The number of carbonyl (C=O) groups is 5. The number of hydrogen-bond donors (Lipinski definition) is 8. The third-order valence-corrected chi connectivity index (χ3v) is 16.1. The van der Waals surface area contributed by atoms with Crippen LogP contribution < -0.4 is 27.2 Å². The Morgan fingerprint density at radius 2 is 1.57 bits per heavy atom. The molecule has 0 aliphatic carbocycles. The zero-order valence-corrected chi connectivity index (χ0v) is 46.4. The number of H-pyrrole nitrogens is 1. The number of unbranched alkanes of at least 4 members (excludes halogenated alkanes) is 2. The van der Waals surface area contributed by atoms with Crippen LogP contribution in [0.5, 0.6) is 0 Å². The summed E-state index contributed by atoms with van der Waals surface area (Å²) < 4.78 is 69.7. The highest BCUT2D eigenvalue weighted by Crippen LogP contribution is 2.54. The number of allylic oxidation sites excluding steroid dienone is 1. The van der Waals surface area contributed by atoms with E-state index in [-0.39, 0.29) is 77.1 Å². The van der Waals surface area contributed by atoms with Gasteiger partial charge in [0.05, 0.1) is 31.9 Å². The maximum Gasteiger partial charge on any atom is 0.472 e. The number of aliphatic hydroxyl groups is 2. The first kappa shape index (κ1) is 59.5. The van der Waals surface area contributed by atoms with E-state index in [9.17, 15) is 53.0 Å². The maximum atomic E-state index is 13.9. The van der Waals surface area contributed by atoms with E-state index in [0.717, 1.165) is 19.3 Å². The molecular formula is C49H61N13O18P2. The molecule has 0 spiro atoms. The van der Waals surface area contributed by atoms with Crippen molar-refractivity contribution in [1.82, 2.24) is 49.3 Å². The topological polar surface area (TPSA) is 417 Å². The zero-order chi connectivity index (χ0) is 58.8. The second-order valence-corrected chi connectivity index (χ2v) is 23.7. The van der Waals surface area contributed by atoms with E-state index in [4.69, 9.17) is 38.0 Å². The monoisotopic (exact) mass is 1180 g/mol. The predicted octanol–water partition coefficient (Wildman–Crippen LogP) is 2.69. The molecule has 8 heterocycles. The fourth-order valence-corrected chi connectivity index (χ4v) is 11.7. The Labute approximate surface area is 466 Å². The number of rotatable bonds is 18. The molecule has 4 amide bonds. The van der Waals surface area contributed by atoms with Gasteiger partial charge in [-0.2, -0.15) is 4.98 Å². The molecule has 5 aromatic rings. The molecule has 1 aromatic carbocycles. The van der Waals surface area contributed by atoms with Gasteiger partial charge in [-0.3, -0.25) is 61.5 Å². The number of Topliss-reactive ketones (excluding diaryl/α,β-unsaturated/α-hetero) is 1. The summed E-state index contributed by atoms with van der Waals surface area (Å²) in [5.74, 6) is -2.46. The van der Waals surface area contributed by atoms with Gasteiger partial charge in [0.1, 0.15) is 49.6 Å². The lowest BCUT2D eigenvalue weighted by atomic mass is 9.92. The van der Waals surface area contributed by atoms with Gasteiger partial charge in [-0.05, 0) is 42.5 Å². The number of fused-ring (bicyclic) bond motifs is 5. The molecule has 9 N–H and O–H groups in total. The number of aliphatic hydroxyl groups excluding tert-OH is 2. The number of imidazole rings is 2. The molecule has 82 heavy (non-hydrogen) atoms. The number of carbonyl (C=O) groups excluding carboxylic acids is 5. The van der Waals surface area contributed by atoms with Gasteiger partial charge >= 0.3 is 21.5 Å². The van der Waals surface area contributed by atoms with Crippen molar-refractivity contribution in [1.29, 1.82) is 0 Å². The van der Waals surface area contributed by atoms with Crippen LogP contribution in [0.4, 0.5) is 22.2 Å². The number of phosphoric acid groups is 1. The third-order valence-electron chi connectivity index (χ3n) is 13.8. The lowest BCUT2D eigenvalue weighted by Crippen LogP contribution is -2.45. The Bertz CT molecular complexity index is 3430. The van der Waals surface area contributed by atoms with Crippen LogP contribution >= 0.6 is 15.4 Å². The molecule has 0 radical (unpaired) electrons. The Hall–Kier alpha value is -7.15. The molecule has 12 atom stereocenters. The summed E-state index contributed by atoms with van der Waals surface area (Å²) in [5.41, 5.74) is 6.34. The minimum atomic E-state index is -5.22. The number of ether oxygens (including phenoxy) is 3. The molecule has 0 saturated carbocycles. The molecule has 9 rings (SSSR count). The molecule has 4 aliphatic heterocycles. The van der Waals surface area contributed by atoms with E-state index >= 15 is 0 Å². The van der Waals surface area contributed by atoms with Crippen molar-refractivity contribution in [2.45, 2.75) is 115 Å². The molecule has 4 aliphatic rings. The van der Waals surface area contributed by atoms with Gasteiger partial charge in [0, 0.05) is 49.4 Å². The molecular weight excluding hydrogens is 1120 g/mol. The van der Waals surface area contributed by atoms with Gasteiger partial charge in [0.15, 0.2) is 46.4 Å². The highest BCUT2D eigenvalue weighted by atomic mass is 31.2. The molecule has 3 saturated heterocycles. The van der Waals surface area contributed by atoms with Crippen molar-refractivity contribution in [3.8, 4) is 0 Å². The van der Waals surface area contributed by atoms with E-state index in [1.165, 1.54) is 21.5 Å². The number of aromatic nitrogens is 8. The number of hydrogen-bond acceptors (Lipinski definition) is 23. The first-order chi connectivity index (χ1) is 39.0. The van der Waals surface area contributed by atoms with Crippen LogP contribution in [-0.4, -0.2) is 158 Å². The molecule has 2 bridgehead atoms. The Morgan fingerprint density at radius 3 is 2.29 bits per heavy atom. The summed E-state index contributed by atoms with van der Waals surface area (Å²) in [7, 11) is -9.44. The number of benzene rings is 1. The average molecular weight is 1180 g/mol. The van der Waals surface area contributed by atoms with E-state index in [2.05, 4.69) is 52.4 Å². The smallest absolute Gasteiger partial charge is 0.444 e. The predicted molar refractivity (Wildman–Crippen MR) is 286 cm³/mol. The third kappa shape index (κ3) is 13.5. The highest BCUT2D eigenvalue weighted by molar-refractivity contribution is 7.53. The Kier molecular flexibility index (Phi) is 17.9. The first-order valence-corrected chi connectivity index (χ1v) is 29.4. The van der Waals surface area contributed by atoms with Crippen molar-refractivity contribution in [2.24, 2.45) is 11.8 Å². The number of ketones is 1. The second kappa shape index (κ2) is 24.7. The molecule has 3 fully saturated rings. The van der Waals surface area contributed by atoms with Crippen LogP contribution in [-0.2, 0) is 67.2 Å². The van der Waals surface area contributed by atoms with Crippen molar-refractivity contribution in [3.05, 3.63) is 83.6 Å². The summed E-state index contributed by atoms with van der Waals surface area (Å²) in [4.78, 5) is 113. The number of nitrogens with one attached hydrogen (secondary N) is 4. The first-order valence-electron chi connectivity index (χ1n) is 25.9. The van der Waals surface area contributed by atoms with Gasteiger partial charge in [-0.1, -0.05) is 45.9 Å². The largest absolute Gasteiger partial charge is 0.472 e. The fourth-order valence-electron chi connectivity index (χ4n) is 9.57. The van der Waals surface area contributed by atoms with Crippen molar-refractivity contribution in [3.63, 3.8) is 0 Å². The van der Waals surface area contributed by atoms with Crippen LogP contribution in [0.3, 0.4) is 0 Å². The zero-order valence-electron chi connectivity index (χ0n) is 44.6. The molecule has 31 nitrogen and oxygen atoms in total. The van der Waals surface area contributed by atoms with Crippen molar-refractivity contribution >= 4 is 84.8 Å². The Morgan fingerprint density at radius 1 is 0.866 bits per heavy atom. The molecule has 5 unspecified atom stereocenters. The lowest BCUT2D eigenvalue weighted by molar-refractivity contribution is -0.130. The van der Waals surface area contributed by atoms with Crippen molar-refractivity contribution < 1.29 is 80.5 Å². The van der Waals surface area contributed by atoms with Gasteiger partial charge in [-0.15, -0.1) is 0 Å². The summed E-state index contributed by atoms with van der Waals surface area (Å²) in [6.45, 7) is 8.95. The van der Waals surface area contributed by atoms with Crippen LogP contribution in [0.15, 0.2) is 72.5 Å². The normalized spacial score (nSPS) is 27.4. The van der Waals surface area contributed by atoms with Crippen molar-refractivity contribution in [2.75, 3.05) is 42.8 Å². The summed E-state index contributed by atoms with van der Waals surface area (Å²) in [6.07, 6.45) is -4.92. The number of nitrogens with zero attached hydrogens (tertiary/aromatic N) is 8. The van der Waals surface area contributed by atoms with Crippen LogP contribution in [0.2, 0.25) is 0 Å². The van der Waals surface area contributed by atoms with Crippen LogP contribution in [0.1, 0.15) is 70.9 Å². The van der Waals surface area contributed by atoms with Crippen LogP contribution in [0.25, 0.3) is 22.3 Å². The molecule has 33 heteroatoms.